The van der Waals surface area contributed by atoms with Gasteiger partial charge in [0.05, 0.1) is 0 Å². The van der Waals surface area contributed by atoms with Gasteiger partial charge in [-0.3, -0.25) is 0 Å². The molecule has 0 bridgehead atoms. The number of aliphatic hydroxyl groups is 1. The van der Waals surface area contributed by atoms with E-state index in [1.54, 1.807) is 0 Å². The van der Waals surface area contributed by atoms with Gasteiger partial charge in [-0.25, -0.2) is 18.1 Å². The summed E-state index contributed by atoms with van der Waals surface area (Å²) in [5.41, 5.74) is 0.172. The molecule has 7 heteroatoms. The first-order chi connectivity index (χ1) is 9.03. The van der Waals surface area contributed by atoms with Gasteiger partial charge in [0.25, 0.3) is 0 Å². The number of sulfonamides is 1. The zero-order valence-electron chi connectivity index (χ0n) is 10.7. The summed E-state index contributed by atoms with van der Waals surface area (Å²) in [5, 5.41) is 17.5. The van der Waals surface area contributed by atoms with Crippen molar-refractivity contribution in [3.8, 4) is 6.07 Å². The van der Waals surface area contributed by atoms with Crippen LogP contribution in [0.2, 0.25) is 0 Å². The lowest BCUT2D eigenvalue weighted by atomic mass is 10.0. The fourth-order valence-electron chi connectivity index (χ4n) is 1.55. The molecule has 1 unspecified atom stereocenters. The Balaban J connectivity index is 2.72. The zero-order chi connectivity index (χ0) is 14.3. The van der Waals surface area contributed by atoms with E-state index in [-0.39, 0.29) is 29.7 Å². The first-order valence-electron chi connectivity index (χ1n) is 6.00. The molecule has 104 valence electrons. The molecule has 0 amide bonds. The molecule has 6 nitrogen and oxygen atoms in total. The number of hydrogen-bond acceptors (Lipinski definition) is 5. The van der Waals surface area contributed by atoms with E-state index in [2.05, 4.69) is 9.71 Å². The van der Waals surface area contributed by atoms with Gasteiger partial charge >= 0.3 is 0 Å². The number of rotatable bonds is 7. The van der Waals surface area contributed by atoms with E-state index in [1.807, 2.05) is 13.0 Å². The Morgan fingerprint density at radius 2 is 2.26 bits per heavy atom. The second kappa shape index (κ2) is 7.19. The number of aromatic nitrogens is 1. The molecule has 0 spiro atoms. The molecule has 2 N–H and O–H groups in total. The fourth-order valence-corrected chi connectivity index (χ4v) is 2.61. The summed E-state index contributed by atoms with van der Waals surface area (Å²) in [6, 6.07) is 4.54. The largest absolute Gasteiger partial charge is 0.396 e. The topological polar surface area (TPSA) is 103 Å². The number of hydrogen-bond donors (Lipinski definition) is 2. The van der Waals surface area contributed by atoms with Crippen LogP contribution >= 0.6 is 0 Å². The molecule has 1 heterocycles. The van der Waals surface area contributed by atoms with E-state index in [0.29, 0.717) is 6.42 Å². The molecule has 0 aliphatic rings. The Bertz CT molecular complexity index is 534. The Labute approximate surface area is 113 Å². The SMILES string of the molecule is CCC(CCO)CNS(=O)(=O)c1ccc(C#N)nc1. The Morgan fingerprint density at radius 3 is 2.74 bits per heavy atom. The Morgan fingerprint density at radius 1 is 1.53 bits per heavy atom. The van der Waals surface area contributed by atoms with E-state index < -0.39 is 10.0 Å². The van der Waals surface area contributed by atoms with Gasteiger partial charge in [0.2, 0.25) is 10.0 Å². The molecule has 0 aliphatic heterocycles. The van der Waals surface area contributed by atoms with Gasteiger partial charge < -0.3 is 5.11 Å². The minimum absolute atomic E-state index is 0.0327. The predicted molar refractivity (Wildman–Crippen MR) is 69.6 cm³/mol. The van der Waals surface area contributed by atoms with Crippen LogP contribution in [0.25, 0.3) is 0 Å². The molecule has 0 aromatic carbocycles. The maximum Gasteiger partial charge on any atom is 0.242 e. The second-order valence-corrected chi connectivity index (χ2v) is 5.90. The van der Waals surface area contributed by atoms with Crippen molar-refractivity contribution in [2.75, 3.05) is 13.2 Å². The van der Waals surface area contributed by atoms with Gasteiger partial charge in [0.15, 0.2) is 0 Å². The average molecular weight is 283 g/mol. The molecule has 0 saturated carbocycles. The summed E-state index contributed by atoms with van der Waals surface area (Å²) < 4.78 is 26.4. The maximum atomic E-state index is 12.0. The lowest BCUT2D eigenvalue weighted by Crippen LogP contribution is -2.29. The van der Waals surface area contributed by atoms with E-state index in [9.17, 15) is 8.42 Å². The summed E-state index contributed by atoms with van der Waals surface area (Å²) in [6.45, 7) is 2.26. The summed E-state index contributed by atoms with van der Waals surface area (Å²) in [5.74, 6) is 0.103. The van der Waals surface area contributed by atoms with Gasteiger partial charge in [0.1, 0.15) is 16.7 Å². The summed E-state index contributed by atoms with van der Waals surface area (Å²) >= 11 is 0. The van der Waals surface area contributed by atoms with Crippen molar-refractivity contribution >= 4 is 10.0 Å². The molecule has 0 saturated heterocycles. The van der Waals surface area contributed by atoms with Gasteiger partial charge in [-0.1, -0.05) is 13.3 Å². The average Bonchev–Trinajstić information content (AvgIpc) is 2.43. The summed E-state index contributed by atoms with van der Waals surface area (Å²) in [4.78, 5) is 3.76. The summed E-state index contributed by atoms with van der Waals surface area (Å²) in [7, 11) is -3.61. The van der Waals surface area contributed by atoms with Gasteiger partial charge in [0, 0.05) is 19.3 Å². The van der Waals surface area contributed by atoms with Crippen molar-refractivity contribution in [1.82, 2.24) is 9.71 Å². The van der Waals surface area contributed by atoms with Crippen LogP contribution in [0, 0.1) is 17.2 Å². The molecule has 1 atom stereocenters. The highest BCUT2D eigenvalue weighted by Crippen LogP contribution is 2.10. The third-order valence-corrected chi connectivity index (χ3v) is 4.25. The number of nitrogens with one attached hydrogen (secondary N) is 1. The quantitative estimate of drug-likeness (QED) is 0.764. The van der Waals surface area contributed by atoms with Crippen molar-refractivity contribution < 1.29 is 13.5 Å². The second-order valence-electron chi connectivity index (χ2n) is 4.13. The van der Waals surface area contributed by atoms with Crippen LogP contribution in [0.1, 0.15) is 25.5 Å². The van der Waals surface area contributed by atoms with Crippen molar-refractivity contribution in [2.24, 2.45) is 5.92 Å². The Hall–Kier alpha value is -1.49. The Kier molecular flexibility index (Phi) is 5.89. The van der Waals surface area contributed by atoms with Crippen LogP contribution in [0.4, 0.5) is 0 Å². The molecule has 1 aromatic heterocycles. The van der Waals surface area contributed by atoms with Crippen molar-refractivity contribution in [2.45, 2.75) is 24.7 Å². The van der Waals surface area contributed by atoms with Crippen LogP contribution in [0.5, 0.6) is 0 Å². The zero-order valence-corrected chi connectivity index (χ0v) is 11.5. The molecule has 0 radical (unpaired) electrons. The highest BCUT2D eigenvalue weighted by Gasteiger charge is 2.16. The van der Waals surface area contributed by atoms with Crippen molar-refractivity contribution in [3.63, 3.8) is 0 Å². The van der Waals surface area contributed by atoms with Crippen molar-refractivity contribution in [1.29, 1.82) is 5.26 Å². The first-order valence-corrected chi connectivity index (χ1v) is 7.48. The van der Waals surface area contributed by atoms with E-state index in [0.717, 1.165) is 12.6 Å². The van der Waals surface area contributed by atoms with E-state index >= 15 is 0 Å². The molecule has 19 heavy (non-hydrogen) atoms. The first kappa shape index (κ1) is 15.6. The summed E-state index contributed by atoms with van der Waals surface area (Å²) in [6.07, 6.45) is 2.51. The van der Waals surface area contributed by atoms with E-state index in [4.69, 9.17) is 10.4 Å². The minimum Gasteiger partial charge on any atom is -0.396 e. The van der Waals surface area contributed by atoms with Crippen LogP contribution in [-0.2, 0) is 10.0 Å². The number of nitrogens with zero attached hydrogens (tertiary/aromatic N) is 2. The maximum absolute atomic E-state index is 12.0. The minimum atomic E-state index is -3.61. The standard InChI is InChI=1S/C12H17N3O3S/c1-2-10(5-6-16)8-15-19(17,18)12-4-3-11(7-13)14-9-12/h3-4,9-10,15-16H,2,5-6,8H2,1H3. The highest BCUT2D eigenvalue weighted by atomic mass is 32.2. The highest BCUT2D eigenvalue weighted by molar-refractivity contribution is 7.89. The monoisotopic (exact) mass is 283 g/mol. The lowest BCUT2D eigenvalue weighted by molar-refractivity contribution is 0.254. The number of aliphatic hydroxyl groups excluding tert-OH is 1. The molecule has 0 fully saturated rings. The van der Waals surface area contributed by atoms with Gasteiger partial charge in [-0.2, -0.15) is 5.26 Å². The molecular formula is C12H17N3O3S. The van der Waals surface area contributed by atoms with E-state index in [1.165, 1.54) is 12.1 Å². The number of nitriles is 1. The van der Waals surface area contributed by atoms with Gasteiger partial charge in [-0.05, 0) is 24.5 Å². The third kappa shape index (κ3) is 4.59. The molecule has 0 aliphatic carbocycles. The number of pyridine rings is 1. The molecule has 1 rings (SSSR count). The molecule has 1 aromatic rings. The van der Waals surface area contributed by atoms with Crippen molar-refractivity contribution in [3.05, 3.63) is 24.0 Å². The molecular weight excluding hydrogens is 266 g/mol. The predicted octanol–water partition coefficient (Wildman–Crippen LogP) is 0.640. The van der Waals surface area contributed by atoms with Crippen LogP contribution in [0.15, 0.2) is 23.2 Å². The van der Waals surface area contributed by atoms with Crippen LogP contribution in [-0.4, -0.2) is 31.7 Å². The van der Waals surface area contributed by atoms with Gasteiger partial charge in [-0.15, -0.1) is 0 Å². The smallest absolute Gasteiger partial charge is 0.242 e. The van der Waals surface area contributed by atoms with Crippen LogP contribution in [0.3, 0.4) is 0 Å². The fraction of sp³-hybridized carbons (Fsp3) is 0.500. The van der Waals surface area contributed by atoms with Crippen LogP contribution < -0.4 is 4.72 Å². The lowest BCUT2D eigenvalue weighted by Gasteiger charge is -2.14. The third-order valence-electron chi connectivity index (χ3n) is 2.84. The normalized spacial score (nSPS) is 12.9.